The van der Waals surface area contributed by atoms with Crippen molar-refractivity contribution in [3.63, 3.8) is 0 Å². The minimum absolute atomic E-state index is 0. The van der Waals surface area contributed by atoms with Crippen LogP contribution in [0.1, 0.15) is 13.3 Å². The van der Waals surface area contributed by atoms with E-state index in [1.807, 2.05) is 6.92 Å². The van der Waals surface area contributed by atoms with Gasteiger partial charge in [-0.15, -0.1) is 14.5 Å². The van der Waals surface area contributed by atoms with Crippen molar-refractivity contribution in [2.24, 2.45) is 0 Å². The minimum atomic E-state index is -0.256. The standard InChI is InChI=1S/C6H16NO3.ClH/c1-5-6-10-7(2,8-3)9-4;/h5-6H2,1-4H3;1H/q+1;/p-1. The van der Waals surface area contributed by atoms with E-state index in [1.54, 1.807) is 7.05 Å². The molecule has 0 N–H and O–H groups in total. The molecular formula is C6H16ClNO3. The molecule has 0 amide bonds. The van der Waals surface area contributed by atoms with Crippen molar-refractivity contribution in [3.8, 4) is 0 Å². The molecule has 4 nitrogen and oxygen atoms in total. The van der Waals surface area contributed by atoms with Crippen LogP contribution in [0, 0.1) is 0 Å². The molecule has 0 saturated carbocycles. The summed E-state index contributed by atoms with van der Waals surface area (Å²) in [5.74, 6) is 0. The van der Waals surface area contributed by atoms with Crippen LogP contribution in [-0.2, 0) is 14.5 Å². The lowest BCUT2D eigenvalue weighted by Gasteiger charge is -2.21. The van der Waals surface area contributed by atoms with Gasteiger partial charge in [-0.2, -0.15) is 0 Å². The number of halogens is 1. The highest BCUT2D eigenvalue weighted by Crippen LogP contribution is 2.03. The highest BCUT2D eigenvalue weighted by Gasteiger charge is 2.23. The van der Waals surface area contributed by atoms with Crippen LogP contribution < -0.4 is 12.4 Å². The Morgan fingerprint density at radius 3 is 1.91 bits per heavy atom. The van der Waals surface area contributed by atoms with E-state index in [0.717, 1.165) is 6.42 Å². The Morgan fingerprint density at radius 2 is 1.64 bits per heavy atom. The first-order valence-corrected chi connectivity index (χ1v) is 3.31. The monoisotopic (exact) mass is 185 g/mol. The zero-order valence-electron chi connectivity index (χ0n) is 7.46. The van der Waals surface area contributed by atoms with Gasteiger partial charge in [0.2, 0.25) is 0 Å². The maximum Gasteiger partial charge on any atom is 0.168 e. The SMILES string of the molecule is CCCO[N+](C)(OC)OC.[Cl-]. The minimum Gasteiger partial charge on any atom is -1.00 e. The van der Waals surface area contributed by atoms with Crippen LogP contribution in [0.5, 0.6) is 0 Å². The second kappa shape index (κ2) is 6.82. The van der Waals surface area contributed by atoms with Crippen LogP contribution in [0.15, 0.2) is 0 Å². The summed E-state index contributed by atoms with van der Waals surface area (Å²) in [4.78, 5) is 14.7. The summed E-state index contributed by atoms with van der Waals surface area (Å²) in [6.07, 6.45) is 0.945. The summed E-state index contributed by atoms with van der Waals surface area (Å²) in [5.41, 5.74) is 0. The Hall–Kier alpha value is 0.130. The highest BCUT2D eigenvalue weighted by molar-refractivity contribution is 4.13. The van der Waals surface area contributed by atoms with Crippen molar-refractivity contribution in [3.05, 3.63) is 0 Å². The largest absolute Gasteiger partial charge is 1.00 e. The Labute approximate surface area is 73.9 Å². The fraction of sp³-hybridized carbons (Fsp3) is 1.00. The van der Waals surface area contributed by atoms with Gasteiger partial charge in [-0.1, -0.05) is 6.92 Å². The molecule has 0 aromatic carbocycles. The molecule has 0 aliphatic heterocycles. The molecule has 0 atom stereocenters. The Morgan fingerprint density at radius 1 is 1.18 bits per heavy atom. The van der Waals surface area contributed by atoms with Crippen LogP contribution in [0.3, 0.4) is 0 Å². The molecule has 0 spiro atoms. The van der Waals surface area contributed by atoms with E-state index in [-0.39, 0.29) is 17.4 Å². The predicted molar refractivity (Wildman–Crippen MR) is 36.4 cm³/mol. The van der Waals surface area contributed by atoms with E-state index in [9.17, 15) is 0 Å². The molecule has 0 heterocycles. The smallest absolute Gasteiger partial charge is 0.168 e. The maximum absolute atomic E-state index is 5.17. The first-order chi connectivity index (χ1) is 4.68. The van der Waals surface area contributed by atoms with Crippen molar-refractivity contribution in [2.75, 3.05) is 27.9 Å². The molecule has 0 aliphatic carbocycles. The molecule has 0 aliphatic rings. The molecule has 0 rings (SSSR count). The van der Waals surface area contributed by atoms with Crippen LogP contribution in [0.2, 0.25) is 0 Å². The van der Waals surface area contributed by atoms with E-state index in [2.05, 4.69) is 0 Å². The Kier molecular flexibility index (Phi) is 8.49. The zero-order valence-corrected chi connectivity index (χ0v) is 8.22. The van der Waals surface area contributed by atoms with Gasteiger partial charge in [0.15, 0.2) is 7.05 Å². The van der Waals surface area contributed by atoms with Crippen LogP contribution in [-0.4, -0.2) is 32.8 Å². The molecule has 0 aromatic rings. The van der Waals surface area contributed by atoms with E-state index in [4.69, 9.17) is 14.5 Å². The van der Waals surface area contributed by atoms with E-state index in [1.165, 1.54) is 14.2 Å². The summed E-state index contributed by atoms with van der Waals surface area (Å²) < 4.78 is 0. The lowest BCUT2D eigenvalue weighted by molar-refractivity contribution is -1.35. The fourth-order valence-corrected chi connectivity index (χ4v) is 0.437. The van der Waals surface area contributed by atoms with Crippen molar-refractivity contribution in [2.45, 2.75) is 13.3 Å². The van der Waals surface area contributed by atoms with Gasteiger partial charge in [0.1, 0.15) is 20.8 Å². The number of hydroxylamine groups is 3. The number of quaternary nitrogens is 1. The van der Waals surface area contributed by atoms with Gasteiger partial charge in [0.25, 0.3) is 0 Å². The zero-order chi connectivity index (χ0) is 8.04. The van der Waals surface area contributed by atoms with Gasteiger partial charge in [0.05, 0.1) is 4.97 Å². The number of rotatable bonds is 5. The van der Waals surface area contributed by atoms with Crippen molar-refractivity contribution >= 4 is 0 Å². The maximum atomic E-state index is 5.17. The molecule has 11 heavy (non-hydrogen) atoms. The van der Waals surface area contributed by atoms with Crippen LogP contribution in [0.25, 0.3) is 0 Å². The summed E-state index contributed by atoms with van der Waals surface area (Å²) >= 11 is 0. The number of nitrogens with zero attached hydrogens (tertiary/aromatic N) is 1. The Balaban J connectivity index is 0. The summed E-state index contributed by atoms with van der Waals surface area (Å²) in [6.45, 7) is 2.65. The highest BCUT2D eigenvalue weighted by atomic mass is 35.5. The first-order valence-electron chi connectivity index (χ1n) is 3.31. The third-order valence-corrected chi connectivity index (χ3v) is 1.19. The fourth-order valence-electron chi connectivity index (χ4n) is 0.437. The van der Waals surface area contributed by atoms with Crippen LogP contribution in [0.4, 0.5) is 0 Å². The molecule has 5 heteroatoms. The summed E-state index contributed by atoms with van der Waals surface area (Å²) in [6, 6.07) is 0. The molecule has 0 radical (unpaired) electrons. The van der Waals surface area contributed by atoms with Crippen molar-refractivity contribution in [1.82, 2.24) is 0 Å². The third kappa shape index (κ3) is 5.41. The lowest BCUT2D eigenvalue weighted by Crippen LogP contribution is -3.00. The quantitative estimate of drug-likeness (QED) is 0.363. The number of hydrogen-bond acceptors (Lipinski definition) is 3. The normalized spacial score (nSPS) is 10.9. The van der Waals surface area contributed by atoms with Crippen molar-refractivity contribution < 1.29 is 31.9 Å². The molecule has 0 fully saturated rings. The average Bonchev–Trinajstić information content (AvgIpc) is 2.00. The second-order valence-electron chi connectivity index (χ2n) is 1.97. The van der Waals surface area contributed by atoms with Crippen molar-refractivity contribution in [1.29, 1.82) is 0 Å². The van der Waals surface area contributed by atoms with E-state index in [0.29, 0.717) is 6.61 Å². The van der Waals surface area contributed by atoms with Gasteiger partial charge in [-0.25, -0.2) is 0 Å². The molecule has 0 unspecified atom stereocenters. The van der Waals surface area contributed by atoms with Gasteiger partial charge < -0.3 is 12.4 Å². The molecule has 0 saturated heterocycles. The lowest BCUT2D eigenvalue weighted by atomic mass is 10.5. The summed E-state index contributed by atoms with van der Waals surface area (Å²) in [5, 5.41) is 0. The molecule has 0 aromatic heterocycles. The van der Waals surface area contributed by atoms with Gasteiger partial charge in [-0.05, 0) is 6.42 Å². The first kappa shape index (κ1) is 13.7. The van der Waals surface area contributed by atoms with Gasteiger partial charge >= 0.3 is 0 Å². The van der Waals surface area contributed by atoms with E-state index < -0.39 is 0 Å². The Bertz CT molecular complexity index is 87.9. The molecule has 0 bridgehead atoms. The predicted octanol–water partition coefficient (Wildman–Crippen LogP) is -2.10. The van der Waals surface area contributed by atoms with Gasteiger partial charge in [-0.3, -0.25) is 0 Å². The topological polar surface area (TPSA) is 27.7 Å². The van der Waals surface area contributed by atoms with Gasteiger partial charge in [0, 0.05) is 0 Å². The summed E-state index contributed by atoms with van der Waals surface area (Å²) in [7, 11) is 4.73. The third-order valence-electron chi connectivity index (χ3n) is 1.19. The second-order valence-corrected chi connectivity index (χ2v) is 1.97. The average molecular weight is 186 g/mol. The molecular weight excluding hydrogens is 170 g/mol. The van der Waals surface area contributed by atoms with E-state index >= 15 is 0 Å². The molecule has 70 valence electrons. The van der Waals surface area contributed by atoms with Crippen LogP contribution >= 0.6 is 0 Å². The number of hydrogen-bond donors (Lipinski definition) is 0.